The summed E-state index contributed by atoms with van der Waals surface area (Å²) in [6.07, 6.45) is 2.74. The summed E-state index contributed by atoms with van der Waals surface area (Å²) in [4.78, 5) is 97.7. The second-order valence-corrected chi connectivity index (χ2v) is 23.4. The number of ether oxygens (including phenoxy) is 1. The van der Waals surface area contributed by atoms with Crippen molar-refractivity contribution in [2.45, 2.75) is 64.9 Å². The highest BCUT2D eigenvalue weighted by Gasteiger charge is 2.24. The van der Waals surface area contributed by atoms with Crippen LogP contribution in [0, 0.1) is 11.3 Å². The lowest BCUT2D eigenvalue weighted by Gasteiger charge is -2.21. The maximum Gasteiger partial charge on any atom is 0.412 e. The Bertz CT molecular complexity index is 3990. The molecule has 0 saturated carbocycles. The maximum absolute atomic E-state index is 13.2. The quantitative estimate of drug-likeness (QED) is 0.0497. The normalized spacial score (nSPS) is 13.5. The number of carboxylic acid groups (broad SMARTS) is 1. The van der Waals surface area contributed by atoms with Gasteiger partial charge in [-0.3, -0.25) is 34.1 Å². The number of hydrogen-bond acceptors (Lipinski definition) is 13. The summed E-state index contributed by atoms with van der Waals surface area (Å²) in [5.74, 6) is -1.37. The Hall–Kier alpha value is -10.0. The molecule has 6 heterocycles. The molecule has 0 radical (unpaired) electrons. The molecule has 0 atom stereocenters. The Kier molecular flexibility index (Phi) is 19.1. The van der Waals surface area contributed by atoms with E-state index in [1.807, 2.05) is 65.4 Å². The Morgan fingerprint density at radius 2 is 0.977 bits per heavy atom. The number of carbonyl (C=O) groups excluding carboxylic acids is 7. The lowest BCUT2D eigenvalue weighted by atomic mass is 9.94. The molecule has 17 nitrogen and oxygen atoms in total. The van der Waals surface area contributed by atoms with Crippen LogP contribution >= 0.6 is 22.7 Å². The highest BCUT2D eigenvalue weighted by Crippen LogP contribution is 2.32. The van der Waals surface area contributed by atoms with Gasteiger partial charge in [0.2, 0.25) is 0 Å². The summed E-state index contributed by atoms with van der Waals surface area (Å²) >= 11 is 3.27. The predicted octanol–water partition coefficient (Wildman–Crippen LogP) is 10.7. The highest BCUT2D eigenvalue weighted by molar-refractivity contribution is 7.13. The smallest absolute Gasteiger partial charge is 0.412 e. The van der Waals surface area contributed by atoms with Crippen LogP contribution in [0.25, 0.3) is 20.9 Å². The number of nitriles is 1. The largest absolute Gasteiger partial charge is 0.478 e. The van der Waals surface area contributed by atoms with Crippen molar-refractivity contribution in [3.63, 3.8) is 0 Å². The fraction of sp³-hybridized carbons (Fsp3) is 0.209. The zero-order valence-corrected chi connectivity index (χ0v) is 49.0. The molecule has 5 amide bonds. The molecule has 0 aliphatic carbocycles. The van der Waals surface area contributed by atoms with Crippen molar-refractivity contribution in [1.82, 2.24) is 21.3 Å². The average Bonchev–Trinajstić information content (AvgIpc) is 4.21. The van der Waals surface area contributed by atoms with Crippen molar-refractivity contribution in [3.05, 3.63) is 222 Å². The van der Waals surface area contributed by atoms with Gasteiger partial charge in [0.15, 0.2) is 11.6 Å². The Labute approximate surface area is 504 Å². The number of Topliss-reactive ketones (excluding diaryl/α,β-unsaturated/α-hetero) is 2. The van der Waals surface area contributed by atoms with Crippen LogP contribution in [0.2, 0.25) is 0 Å². The maximum atomic E-state index is 13.2. The van der Waals surface area contributed by atoms with Crippen molar-refractivity contribution < 1.29 is 48.2 Å². The highest BCUT2D eigenvalue weighted by atomic mass is 32.1. The molecule has 0 fully saturated rings. The van der Waals surface area contributed by atoms with Crippen molar-refractivity contribution in [3.8, 4) is 27.0 Å². The van der Waals surface area contributed by atoms with Gasteiger partial charge in [-0.1, -0.05) is 36.4 Å². The topological polar surface area (TPSA) is 276 Å². The second-order valence-electron chi connectivity index (χ2n) is 21.5. The van der Waals surface area contributed by atoms with E-state index in [0.29, 0.717) is 94.9 Å². The summed E-state index contributed by atoms with van der Waals surface area (Å²) < 4.78 is 5.39. The zero-order chi connectivity index (χ0) is 61.1. The molecule has 8 N–H and O–H groups in total. The van der Waals surface area contributed by atoms with E-state index in [0.717, 1.165) is 61.5 Å². The van der Waals surface area contributed by atoms with Crippen LogP contribution in [-0.4, -0.2) is 84.1 Å². The van der Waals surface area contributed by atoms with Gasteiger partial charge >= 0.3 is 12.1 Å². The number of amides is 5. The van der Waals surface area contributed by atoms with E-state index < -0.39 is 17.7 Å². The number of nitrogens with one attached hydrogen (secondary N) is 5. The van der Waals surface area contributed by atoms with Crippen LogP contribution in [0.3, 0.4) is 0 Å². The number of carboxylic acids is 1. The fourth-order valence-corrected chi connectivity index (χ4v) is 11.5. The average molecular weight is 1190 g/mol. The summed E-state index contributed by atoms with van der Waals surface area (Å²) in [6.45, 7) is 7.82. The van der Waals surface area contributed by atoms with E-state index >= 15 is 0 Å². The molecule has 86 heavy (non-hydrogen) atoms. The molecule has 2 aromatic heterocycles. The third-order valence-corrected chi connectivity index (χ3v) is 16.2. The van der Waals surface area contributed by atoms with Gasteiger partial charge in [-0.2, -0.15) is 5.26 Å². The Balaban J connectivity index is 0.000000147. The van der Waals surface area contributed by atoms with Gasteiger partial charge in [0, 0.05) is 93.5 Å². The van der Waals surface area contributed by atoms with E-state index in [1.165, 1.54) is 6.07 Å². The first-order valence-electron chi connectivity index (χ1n) is 27.7. The fourth-order valence-electron chi connectivity index (χ4n) is 10.0. The number of ketones is 2. The van der Waals surface area contributed by atoms with Crippen molar-refractivity contribution in [2.24, 2.45) is 0 Å². The minimum absolute atomic E-state index is 0.00816. The molecule has 12 rings (SSSR count). The standard InChI is InChI=1S/C26H26N2O4S.C21H18N2O2S.C10H8N2O.C10H9NO3/c1-26(2,3)32-25(31)28-21-9-7-18(23-5-4-12-33-23)14-19(21)15-22(29)17-6-8-20-16(13-17)10-11-27-24(20)30;22-18-6-4-15(20-2-1-9-26-20)11-16(18)12-19(24)14-3-5-17-13(10-14)7-8-23-21(17)25;11-6-7-1-2-9-8(5-7)3-4-12-10(9)13;12-9-8-2-1-7(10(13)14)5-6(8)3-4-11-9/h4-9,12-14H,10-11,15H2,1-3H3,(H,27,30)(H,28,31);1-6,9-11H,7-8,12,22H2,(H,23,25);1-2,5H,3-4H2,(H,12,13);1-2,5H,3-4H2,(H,11,12)(H,13,14). The van der Waals surface area contributed by atoms with Gasteiger partial charge in [0.05, 0.1) is 17.2 Å². The summed E-state index contributed by atoms with van der Waals surface area (Å²) in [6, 6.07) is 41.8. The predicted molar refractivity (Wildman–Crippen MR) is 331 cm³/mol. The lowest BCUT2D eigenvalue weighted by Crippen LogP contribution is -2.31. The van der Waals surface area contributed by atoms with Gasteiger partial charge in [-0.25, -0.2) is 9.59 Å². The van der Waals surface area contributed by atoms with E-state index in [1.54, 1.807) is 110 Å². The van der Waals surface area contributed by atoms with Crippen LogP contribution in [-0.2, 0) is 43.3 Å². The minimum atomic E-state index is -0.959. The number of aromatic carboxylic acids is 1. The molecule has 0 unspecified atom stereocenters. The van der Waals surface area contributed by atoms with E-state index in [-0.39, 0.29) is 53.6 Å². The van der Waals surface area contributed by atoms with Crippen LogP contribution in [0.1, 0.15) is 132 Å². The summed E-state index contributed by atoms with van der Waals surface area (Å²) in [7, 11) is 0. The summed E-state index contributed by atoms with van der Waals surface area (Å²) in [5, 5.41) is 35.3. The molecule has 0 spiro atoms. The van der Waals surface area contributed by atoms with Crippen LogP contribution < -0.4 is 32.3 Å². The van der Waals surface area contributed by atoms with Crippen molar-refractivity contribution in [2.75, 3.05) is 37.2 Å². The SMILES string of the molecule is CC(C)(C)OC(=O)Nc1ccc(-c2cccs2)cc1CC(=O)c1ccc2c(c1)CCNC2=O.N#Cc1ccc2c(c1)CCNC2=O.Nc1ccc(-c2cccs2)cc1CC(=O)c1ccc2c(c1)CCNC2=O.O=C(O)c1ccc2c(c1)CCNC2=O. The summed E-state index contributed by atoms with van der Waals surface area (Å²) in [5.41, 5.74) is 18.4. The number of anilines is 2. The first-order valence-corrected chi connectivity index (χ1v) is 29.5. The van der Waals surface area contributed by atoms with Gasteiger partial charge in [0.1, 0.15) is 5.60 Å². The van der Waals surface area contributed by atoms with Crippen LogP contribution in [0.15, 0.2) is 144 Å². The van der Waals surface area contributed by atoms with Crippen molar-refractivity contribution >= 4 is 81.3 Å². The zero-order valence-electron chi connectivity index (χ0n) is 47.4. The van der Waals surface area contributed by atoms with Gasteiger partial charge < -0.3 is 36.8 Å². The molecule has 19 heteroatoms. The molecule has 0 saturated heterocycles. The minimum Gasteiger partial charge on any atom is -0.478 e. The molecule has 6 aromatic carbocycles. The van der Waals surface area contributed by atoms with Crippen LogP contribution in [0.4, 0.5) is 16.2 Å². The molecule has 436 valence electrons. The molecule has 4 aliphatic rings. The van der Waals surface area contributed by atoms with E-state index in [4.69, 9.17) is 20.8 Å². The van der Waals surface area contributed by atoms with Crippen LogP contribution in [0.5, 0.6) is 0 Å². The van der Waals surface area contributed by atoms with Gasteiger partial charge in [-0.15, -0.1) is 22.7 Å². The number of hydrogen-bond donors (Lipinski definition) is 7. The van der Waals surface area contributed by atoms with Gasteiger partial charge in [-0.05, 0) is 199 Å². The second kappa shape index (κ2) is 27.1. The monoisotopic (exact) mass is 1190 g/mol. The van der Waals surface area contributed by atoms with E-state index in [2.05, 4.69) is 38.7 Å². The Morgan fingerprint density at radius 1 is 0.558 bits per heavy atom. The number of nitrogen functional groups attached to an aromatic ring is 1. The molecular weight excluding hydrogens is 1130 g/mol. The third kappa shape index (κ3) is 15.2. The number of carbonyl (C=O) groups is 8. The number of benzene rings is 6. The first kappa shape index (κ1) is 60.6. The number of fused-ring (bicyclic) bond motifs is 4. The molecule has 0 bridgehead atoms. The molecule has 4 aliphatic heterocycles. The van der Waals surface area contributed by atoms with Gasteiger partial charge in [0.25, 0.3) is 23.6 Å². The number of nitrogens with zero attached hydrogens (tertiary/aromatic N) is 1. The molecule has 8 aromatic rings. The number of nitrogens with two attached hydrogens (primary N) is 1. The van der Waals surface area contributed by atoms with E-state index in [9.17, 15) is 38.4 Å². The number of thiophene rings is 2. The first-order chi connectivity index (χ1) is 41.3. The van der Waals surface area contributed by atoms with Crippen molar-refractivity contribution in [1.29, 1.82) is 5.26 Å². The third-order valence-electron chi connectivity index (χ3n) is 14.3. The number of rotatable bonds is 10. The molecular formula is C67H61N7O10S2. The Morgan fingerprint density at radius 3 is 1.42 bits per heavy atom. The lowest BCUT2D eigenvalue weighted by molar-refractivity contribution is 0.0632.